The zero-order chi connectivity index (χ0) is 19.4. The molecule has 0 aromatic carbocycles. The summed E-state index contributed by atoms with van der Waals surface area (Å²) >= 11 is 0. The van der Waals surface area contributed by atoms with Crippen molar-refractivity contribution in [3.05, 3.63) is 16.0 Å². The Bertz CT molecular complexity index is 803. The fourth-order valence-electron chi connectivity index (χ4n) is 4.22. The van der Waals surface area contributed by atoms with Gasteiger partial charge in [-0.2, -0.15) is 5.10 Å². The van der Waals surface area contributed by atoms with Crippen LogP contribution >= 0.6 is 0 Å². The van der Waals surface area contributed by atoms with Crippen LogP contribution in [0.25, 0.3) is 11.0 Å². The first-order chi connectivity index (χ1) is 13.0. The summed E-state index contributed by atoms with van der Waals surface area (Å²) in [6, 6.07) is 0. The summed E-state index contributed by atoms with van der Waals surface area (Å²) in [7, 11) is 1.83. The highest BCUT2D eigenvalue weighted by molar-refractivity contribution is 5.77. The molecule has 1 aliphatic carbocycles. The van der Waals surface area contributed by atoms with E-state index in [-0.39, 0.29) is 5.56 Å². The van der Waals surface area contributed by atoms with Gasteiger partial charge in [-0.05, 0) is 31.1 Å². The molecule has 6 nitrogen and oxygen atoms in total. The minimum Gasteiger partial charge on any atom is -0.342 e. The highest BCUT2D eigenvalue weighted by Gasteiger charge is 2.22. The molecule has 0 spiro atoms. The van der Waals surface area contributed by atoms with Crippen LogP contribution in [-0.4, -0.2) is 32.8 Å². The molecule has 0 amide bonds. The molecule has 1 fully saturated rings. The van der Waals surface area contributed by atoms with Gasteiger partial charge in [0.15, 0.2) is 5.52 Å². The predicted octanol–water partition coefficient (Wildman–Crippen LogP) is 4.04. The number of hydrogen-bond donors (Lipinski definition) is 1. The van der Waals surface area contributed by atoms with E-state index in [9.17, 15) is 4.79 Å². The van der Waals surface area contributed by atoms with Crippen LogP contribution in [0.3, 0.4) is 0 Å². The van der Waals surface area contributed by atoms with E-state index in [0.29, 0.717) is 17.4 Å². The fraction of sp³-hybridized carbons (Fsp3) is 0.762. The molecule has 0 radical (unpaired) electrons. The van der Waals surface area contributed by atoms with Crippen molar-refractivity contribution in [1.82, 2.24) is 19.7 Å². The standard InChI is InChI=1S/C21H35N5O/c1-5-10-17-18-19(25(4)24-17)20(27)23-21(22-18)26(13-15(3)6-2)14-16-11-8-7-9-12-16/h15-16H,5-14H2,1-4H3,(H,22,23,27). The molecule has 2 aromatic heterocycles. The topological polar surface area (TPSA) is 66.8 Å². The second-order valence-electron chi connectivity index (χ2n) is 8.33. The number of nitrogens with one attached hydrogen (secondary N) is 1. The normalized spacial score (nSPS) is 16.7. The lowest BCUT2D eigenvalue weighted by atomic mass is 9.89. The third kappa shape index (κ3) is 4.53. The number of fused-ring (bicyclic) bond motifs is 1. The SMILES string of the molecule is CCCc1nn(C)c2c(=O)[nH]c(N(CC(C)CC)CC3CCCCC3)nc12. The molecular formula is C21H35N5O. The van der Waals surface area contributed by atoms with Crippen molar-refractivity contribution in [1.29, 1.82) is 0 Å². The summed E-state index contributed by atoms with van der Waals surface area (Å²) in [5.41, 5.74) is 2.22. The maximum absolute atomic E-state index is 12.8. The maximum Gasteiger partial charge on any atom is 0.278 e. The summed E-state index contributed by atoms with van der Waals surface area (Å²) in [5.74, 6) is 2.00. The molecule has 0 saturated heterocycles. The van der Waals surface area contributed by atoms with Gasteiger partial charge in [0, 0.05) is 20.1 Å². The number of hydrogen-bond acceptors (Lipinski definition) is 4. The average Bonchev–Trinajstić information content (AvgIpc) is 2.98. The van der Waals surface area contributed by atoms with Gasteiger partial charge in [0.05, 0.1) is 5.69 Å². The Hall–Kier alpha value is -1.85. The van der Waals surface area contributed by atoms with E-state index in [1.807, 2.05) is 7.05 Å². The summed E-state index contributed by atoms with van der Waals surface area (Å²) in [6.45, 7) is 8.56. The Balaban J connectivity index is 1.97. The van der Waals surface area contributed by atoms with E-state index in [1.54, 1.807) is 4.68 Å². The maximum atomic E-state index is 12.8. The van der Waals surface area contributed by atoms with E-state index in [1.165, 1.54) is 32.1 Å². The summed E-state index contributed by atoms with van der Waals surface area (Å²) in [6.07, 6.45) is 9.56. The lowest BCUT2D eigenvalue weighted by Crippen LogP contribution is -2.36. The Morgan fingerprint density at radius 3 is 2.67 bits per heavy atom. The average molecular weight is 374 g/mol. The smallest absolute Gasteiger partial charge is 0.278 e. The van der Waals surface area contributed by atoms with Crippen molar-refractivity contribution in [2.45, 2.75) is 72.1 Å². The van der Waals surface area contributed by atoms with Crippen LogP contribution in [-0.2, 0) is 13.5 Å². The number of rotatable bonds is 8. The van der Waals surface area contributed by atoms with Crippen LogP contribution in [0.15, 0.2) is 4.79 Å². The van der Waals surface area contributed by atoms with E-state index < -0.39 is 0 Å². The Morgan fingerprint density at radius 1 is 1.26 bits per heavy atom. The van der Waals surface area contributed by atoms with Crippen LogP contribution in [0.2, 0.25) is 0 Å². The van der Waals surface area contributed by atoms with Gasteiger partial charge in [0.25, 0.3) is 5.56 Å². The molecule has 150 valence electrons. The lowest BCUT2D eigenvalue weighted by Gasteiger charge is -2.31. The minimum atomic E-state index is -0.0786. The quantitative estimate of drug-likeness (QED) is 0.758. The van der Waals surface area contributed by atoms with Gasteiger partial charge in [0.1, 0.15) is 5.52 Å². The molecule has 1 unspecified atom stereocenters. The van der Waals surface area contributed by atoms with E-state index in [2.05, 4.69) is 35.8 Å². The first-order valence-corrected chi connectivity index (χ1v) is 10.7. The first-order valence-electron chi connectivity index (χ1n) is 10.7. The number of H-pyrrole nitrogens is 1. The van der Waals surface area contributed by atoms with Gasteiger partial charge >= 0.3 is 0 Å². The first kappa shape index (κ1) is 19.9. The van der Waals surface area contributed by atoms with Crippen LogP contribution in [0.5, 0.6) is 0 Å². The number of aryl methyl sites for hydroxylation is 2. The summed E-state index contributed by atoms with van der Waals surface area (Å²) in [5, 5.41) is 4.55. The lowest BCUT2D eigenvalue weighted by molar-refractivity contribution is 0.351. The van der Waals surface area contributed by atoms with Crippen molar-refractivity contribution in [3.8, 4) is 0 Å². The predicted molar refractivity (Wildman–Crippen MR) is 111 cm³/mol. The van der Waals surface area contributed by atoms with Gasteiger partial charge in [-0.3, -0.25) is 14.5 Å². The fourth-order valence-corrected chi connectivity index (χ4v) is 4.22. The Kier molecular flexibility index (Phi) is 6.55. The van der Waals surface area contributed by atoms with Crippen LogP contribution in [0, 0.1) is 11.8 Å². The van der Waals surface area contributed by atoms with Crippen LogP contribution < -0.4 is 10.5 Å². The molecule has 27 heavy (non-hydrogen) atoms. The monoisotopic (exact) mass is 373 g/mol. The highest BCUT2D eigenvalue weighted by atomic mass is 16.1. The van der Waals surface area contributed by atoms with Crippen LogP contribution in [0.1, 0.15) is 71.4 Å². The number of anilines is 1. The number of aromatic nitrogens is 4. The van der Waals surface area contributed by atoms with Gasteiger partial charge < -0.3 is 4.90 Å². The second-order valence-corrected chi connectivity index (χ2v) is 8.33. The number of aromatic amines is 1. The van der Waals surface area contributed by atoms with Gasteiger partial charge in [-0.15, -0.1) is 0 Å². The third-order valence-corrected chi connectivity index (χ3v) is 5.97. The molecule has 1 atom stereocenters. The molecule has 1 saturated carbocycles. The van der Waals surface area contributed by atoms with Crippen LogP contribution in [0.4, 0.5) is 5.95 Å². The van der Waals surface area contributed by atoms with E-state index in [0.717, 1.165) is 49.5 Å². The highest BCUT2D eigenvalue weighted by Crippen LogP contribution is 2.26. The molecule has 0 bridgehead atoms. The molecule has 2 aromatic rings. The molecular weight excluding hydrogens is 338 g/mol. The Morgan fingerprint density at radius 2 is 2.00 bits per heavy atom. The zero-order valence-electron chi connectivity index (χ0n) is 17.4. The van der Waals surface area contributed by atoms with Crippen molar-refractivity contribution in [3.63, 3.8) is 0 Å². The summed E-state index contributed by atoms with van der Waals surface area (Å²) < 4.78 is 1.68. The van der Waals surface area contributed by atoms with Gasteiger partial charge in [0.2, 0.25) is 5.95 Å². The van der Waals surface area contributed by atoms with Gasteiger partial charge in [-0.1, -0.05) is 52.9 Å². The summed E-state index contributed by atoms with van der Waals surface area (Å²) in [4.78, 5) is 23.1. The van der Waals surface area contributed by atoms with Crippen molar-refractivity contribution in [2.24, 2.45) is 18.9 Å². The zero-order valence-corrected chi connectivity index (χ0v) is 17.4. The third-order valence-electron chi connectivity index (χ3n) is 5.97. The largest absolute Gasteiger partial charge is 0.342 e. The van der Waals surface area contributed by atoms with Crippen molar-refractivity contribution >= 4 is 17.0 Å². The molecule has 3 rings (SSSR count). The molecule has 2 heterocycles. The van der Waals surface area contributed by atoms with Crippen molar-refractivity contribution < 1.29 is 0 Å². The van der Waals surface area contributed by atoms with Crippen molar-refractivity contribution in [2.75, 3.05) is 18.0 Å². The van der Waals surface area contributed by atoms with E-state index >= 15 is 0 Å². The molecule has 1 aliphatic rings. The molecule has 1 N–H and O–H groups in total. The minimum absolute atomic E-state index is 0.0786. The number of nitrogens with zero attached hydrogens (tertiary/aromatic N) is 4. The molecule has 0 aliphatic heterocycles. The Labute approximate surface area is 162 Å². The van der Waals surface area contributed by atoms with Gasteiger partial charge in [-0.25, -0.2) is 4.98 Å². The van der Waals surface area contributed by atoms with E-state index in [4.69, 9.17) is 4.98 Å². The molecule has 6 heteroatoms. The second kappa shape index (κ2) is 8.89.